The van der Waals surface area contributed by atoms with E-state index in [0.29, 0.717) is 6.42 Å². The number of alkyl halides is 1. The third-order valence-electron chi connectivity index (χ3n) is 2.96. The van der Waals surface area contributed by atoms with E-state index in [4.69, 9.17) is 10.5 Å². The molecule has 0 bridgehead atoms. The molecule has 1 atom stereocenters. The van der Waals surface area contributed by atoms with Gasteiger partial charge in [0.1, 0.15) is 5.75 Å². The van der Waals surface area contributed by atoms with Gasteiger partial charge in [-0.1, -0.05) is 30.3 Å². The van der Waals surface area contributed by atoms with Gasteiger partial charge in [-0.05, 0) is 23.4 Å². The van der Waals surface area contributed by atoms with Crippen LogP contribution < -0.4 is 10.5 Å². The fraction of sp³-hybridized carbons (Fsp3) is 0.286. The zero-order valence-corrected chi connectivity index (χ0v) is 11.0. The summed E-state index contributed by atoms with van der Waals surface area (Å²) >= 11 is 0. The molecule has 0 aliphatic carbocycles. The van der Waals surface area contributed by atoms with Crippen LogP contribution in [0.15, 0.2) is 36.4 Å². The number of ether oxygens (including phenoxy) is 1. The van der Waals surface area contributed by atoms with Crippen LogP contribution in [-0.2, 0) is 0 Å². The van der Waals surface area contributed by atoms with E-state index >= 15 is 0 Å². The lowest BCUT2D eigenvalue weighted by Crippen LogP contribution is -2.11. The van der Waals surface area contributed by atoms with Crippen LogP contribution in [0.25, 0.3) is 10.8 Å². The number of fused-ring (bicyclic) bond motifs is 1. The van der Waals surface area contributed by atoms with Gasteiger partial charge in [0.05, 0.1) is 13.8 Å². The minimum Gasteiger partial charge on any atom is -0.496 e. The van der Waals surface area contributed by atoms with E-state index in [1.807, 2.05) is 36.4 Å². The molecule has 0 radical (unpaired) electrons. The van der Waals surface area contributed by atoms with Gasteiger partial charge in [0.25, 0.3) is 0 Å². The summed E-state index contributed by atoms with van der Waals surface area (Å²) in [5, 5.41) is 2.05. The highest BCUT2D eigenvalue weighted by molar-refractivity contribution is 5.91. The Kier molecular flexibility index (Phi) is 5.38. The molecule has 98 valence electrons. The van der Waals surface area contributed by atoms with E-state index in [-0.39, 0.29) is 18.4 Å². The van der Waals surface area contributed by atoms with Gasteiger partial charge in [0.15, 0.2) is 0 Å². The Morgan fingerprint density at radius 3 is 2.44 bits per heavy atom. The van der Waals surface area contributed by atoms with E-state index in [1.165, 1.54) is 0 Å². The van der Waals surface area contributed by atoms with Crippen molar-refractivity contribution >= 4 is 23.2 Å². The maximum Gasteiger partial charge on any atom is 0.126 e. The van der Waals surface area contributed by atoms with Gasteiger partial charge in [-0.3, -0.25) is 4.39 Å². The first-order chi connectivity index (χ1) is 8.27. The molecular weight excluding hydrogens is 253 g/mol. The Bertz CT molecular complexity index is 518. The third-order valence-corrected chi connectivity index (χ3v) is 2.96. The lowest BCUT2D eigenvalue weighted by molar-refractivity contribution is 0.419. The fourth-order valence-electron chi connectivity index (χ4n) is 2.07. The standard InChI is InChI=1S/C14H16FNO.ClH/c1-17-14-7-6-11(13(16)8-9-15)10-4-2-3-5-12(10)14;/h2-7,13H,8-9,16H2,1H3;1H/t13-;/m1./s1. The number of benzene rings is 2. The van der Waals surface area contributed by atoms with Crippen molar-refractivity contribution in [3.63, 3.8) is 0 Å². The normalized spacial score (nSPS) is 11.9. The van der Waals surface area contributed by atoms with Crippen molar-refractivity contribution in [3.05, 3.63) is 42.0 Å². The van der Waals surface area contributed by atoms with Crippen molar-refractivity contribution < 1.29 is 9.13 Å². The quantitative estimate of drug-likeness (QED) is 0.920. The molecule has 0 heterocycles. The summed E-state index contributed by atoms with van der Waals surface area (Å²) in [5.41, 5.74) is 6.95. The van der Waals surface area contributed by atoms with Crippen molar-refractivity contribution in [1.29, 1.82) is 0 Å². The van der Waals surface area contributed by atoms with Crippen molar-refractivity contribution in [2.45, 2.75) is 12.5 Å². The van der Waals surface area contributed by atoms with Gasteiger partial charge in [-0.25, -0.2) is 0 Å². The summed E-state index contributed by atoms with van der Waals surface area (Å²) in [4.78, 5) is 0. The van der Waals surface area contributed by atoms with Crippen LogP contribution in [0.4, 0.5) is 4.39 Å². The van der Waals surface area contributed by atoms with Gasteiger partial charge in [-0.2, -0.15) is 0 Å². The van der Waals surface area contributed by atoms with E-state index in [2.05, 4.69) is 0 Å². The molecule has 0 aromatic heterocycles. The SMILES string of the molecule is COc1ccc([C@H](N)CCF)c2ccccc12.Cl. The van der Waals surface area contributed by atoms with E-state index in [0.717, 1.165) is 22.1 Å². The Labute approximate surface area is 112 Å². The van der Waals surface area contributed by atoms with Crippen LogP contribution in [0, 0.1) is 0 Å². The van der Waals surface area contributed by atoms with E-state index in [1.54, 1.807) is 7.11 Å². The van der Waals surface area contributed by atoms with E-state index < -0.39 is 6.67 Å². The monoisotopic (exact) mass is 269 g/mol. The minimum absolute atomic E-state index is 0. The Hall–Kier alpha value is -1.32. The molecule has 0 aliphatic rings. The molecule has 4 heteroatoms. The van der Waals surface area contributed by atoms with Crippen LogP contribution in [-0.4, -0.2) is 13.8 Å². The van der Waals surface area contributed by atoms with E-state index in [9.17, 15) is 4.39 Å². The van der Waals surface area contributed by atoms with Crippen LogP contribution in [0.1, 0.15) is 18.0 Å². The second-order valence-electron chi connectivity index (χ2n) is 3.99. The minimum atomic E-state index is -0.401. The molecule has 0 unspecified atom stereocenters. The average Bonchev–Trinajstić information content (AvgIpc) is 2.37. The van der Waals surface area contributed by atoms with Crippen molar-refractivity contribution in [1.82, 2.24) is 0 Å². The molecule has 0 saturated heterocycles. The fourth-order valence-corrected chi connectivity index (χ4v) is 2.07. The molecule has 0 fully saturated rings. The zero-order chi connectivity index (χ0) is 12.3. The maximum absolute atomic E-state index is 12.4. The Morgan fingerprint density at radius 2 is 1.83 bits per heavy atom. The highest BCUT2D eigenvalue weighted by Crippen LogP contribution is 2.31. The molecule has 2 aromatic carbocycles. The van der Waals surface area contributed by atoms with Crippen LogP contribution >= 0.6 is 12.4 Å². The highest BCUT2D eigenvalue weighted by Gasteiger charge is 2.11. The lowest BCUT2D eigenvalue weighted by Gasteiger charge is -2.15. The first kappa shape index (κ1) is 14.7. The van der Waals surface area contributed by atoms with Gasteiger partial charge in [0.2, 0.25) is 0 Å². The molecule has 0 spiro atoms. The largest absolute Gasteiger partial charge is 0.496 e. The summed E-state index contributed by atoms with van der Waals surface area (Å²) in [6, 6.07) is 11.4. The molecule has 2 aromatic rings. The topological polar surface area (TPSA) is 35.2 Å². The molecule has 18 heavy (non-hydrogen) atoms. The van der Waals surface area contributed by atoms with Gasteiger partial charge >= 0.3 is 0 Å². The first-order valence-corrected chi connectivity index (χ1v) is 5.65. The Balaban J connectivity index is 0.00000162. The Morgan fingerprint density at radius 1 is 1.17 bits per heavy atom. The zero-order valence-electron chi connectivity index (χ0n) is 10.2. The highest BCUT2D eigenvalue weighted by atomic mass is 35.5. The predicted molar refractivity (Wildman–Crippen MR) is 75.3 cm³/mol. The maximum atomic E-state index is 12.4. The molecule has 0 saturated carbocycles. The van der Waals surface area contributed by atoms with Crippen molar-refractivity contribution in [3.8, 4) is 5.75 Å². The number of nitrogens with two attached hydrogens (primary N) is 1. The van der Waals surface area contributed by atoms with Crippen LogP contribution in [0.3, 0.4) is 0 Å². The first-order valence-electron chi connectivity index (χ1n) is 5.65. The van der Waals surface area contributed by atoms with Gasteiger partial charge in [0, 0.05) is 11.4 Å². The van der Waals surface area contributed by atoms with Gasteiger partial charge < -0.3 is 10.5 Å². The smallest absolute Gasteiger partial charge is 0.126 e. The van der Waals surface area contributed by atoms with Crippen LogP contribution in [0.5, 0.6) is 5.75 Å². The summed E-state index contributed by atoms with van der Waals surface area (Å²) in [6.45, 7) is -0.401. The number of methoxy groups -OCH3 is 1. The summed E-state index contributed by atoms with van der Waals surface area (Å²) in [7, 11) is 1.64. The number of halogens is 2. The molecule has 0 amide bonds. The average molecular weight is 270 g/mol. The summed E-state index contributed by atoms with van der Waals surface area (Å²) in [6.07, 6.45) is 0.344. The second kappa shape index (κ2) is 6.57. The molecule has 2 rings (SSSR count). The molecule has 2 N–H and O–H groups in total. The van der Waals surface area contributed by atoms with Crippen molar-refractivity contribution in [2.24, 2.45) is 5.73 Å². The summed E-state index contributed by atoms with van der Waals surface area (Å²) < 4.78 is 17.7. The molecular formula is C14H17ClFNO. The number of rotatable bonds is 4. The second-order valence-corrected chi connectivity index (χ2v) is 3.99. The molecule has 0 aliphatic heterocycles. The van der Waals surface area contributed by atoms with Crippen molar-refractivity contribution in [2.75, 3.05) is 13.8 Å². The van der Waals surface area contributed by atoms with Gasteiger partial charge in [-0.15, -0.1) is 12.4 Å². The summed E-state index contributed by atoms with van der Waals surface area (Å²) in [5.74, 6) is 0.816. The third kappa shape index (κ3) is 2.74. The lowest BCUT2D eigenvalue weighted by atomic mass is 9.97. The number of hydrogen-bond donors (Lipinski definition) is 1. The predicted octanol–water partition coefficient (Wildman–Crippen LogP) is 3.63. The molecule has 2 nitrogen and oxygen atoms in total. The van der Waals surface area contributed by atoms with Crippen LogP contribution in [0.2, 0.25) is 0 Å². The number of hydrogen-bond acceptors (Lipinski definition) is 2.